The SMILES string of the molecule is CC[C@H](OC)[C@@H](C)[C@H]1C=C[C@@H]1[C@H](O)[C@@H](C)/C=C/C=C(\C)[C@@H]1O[C@H](OC)[C@@H](OC)[C@@H](OCCC[C@H](OC)[C@@H](C)[C@H]2C=C[C@@H]2[C@H](O)[C@@H](C)/C=C/C=C(\C)[C@@H]2O[C@H](C)[C@H](OC)[C@@H](OC)[C@H]2OC)[C@@H]1OC. The van der Waals surface area contributed by atoms with E-state index in [1.165, 1.54) is 0 Å². The summed E-state index contributed by atoms with van der Waals surface area (Å²) in [5, 5.41) is 22.9. The normalized spacial score (nSPS) is 36.3. The van der Waals surface area contributed by atoms with Crippen molar-refractivity contribution in [2.45, 2.75) is 160 Å². The van der Waals surface area contributed by atoms with Gasteiger partial charge in [0.2, 0.25) is 0 Å². The maximum absolute atomic E-state index is 11.6. The molecule has 384 valence electrons. The van der Waals surface area contributed by atoms with Gasteiger partial charge in [0, 0.05) is 87.2 Å². The minimum Gasteiger partial charge on any atom is -0.392 e. The number of hydrogen-bond acceptors (Lipinski definition) is 13. The predicted octanol–water partition coefficient (Wildman–Crippen LogP) is 7.70. The van der Waals surface area contributed by atoms with Crippen LogP contribution in [0, 0.1) is 47.3 Å². The van der Waals surface area contributed by atoms with E-state index >= 15 is 0 Å². The molecule has 0 bridgehead atoms. The van der Waals surface area contributed by atoms with E-state index in [0.717, 1.165) is 30.4 Å². The third-order valence-corrected chi connectivity index (χ3v) is 15.5. The van der Waals surface area contributed by atoms with Crippen molar-refractivity contribution in [1.82, 2.24) is 0 Å². The lowest BCUT2D eigenvalue weighted by atomic mass is 9.67. The summed E-state index contributed by atoms with van der Waals surface area (Å²) in [7, 11) is 13.4. The van der Waals surface area contributed by atoms with E-state index in [1.807, 2.05) is 45.1 Å². The highest BCUT2D eigenvalue weighted by atomic mass is 16.7. The summed E-state index contributed by atoms with van der Waals surface area (Å²) in [4.78, 5) is 0. The van der Waals surface area contributed by atoms with E-state index < -0.39 is 42.9 Å². The number of aliphatic hydroxyl groups excluding tert-OH is 2. The molecule has 0 unspecified atom stereocenters. The Hall–Kier alpha value is -2.08. The number of rotatable bonds is 28. The molecule has 13 heteroatoms. The van der Waals surface area contributed by atoms with Gasteiger partial charge in [-0.15, -0.1) is 0 Å². The summed E-state index contributed by atoms with van der Waals surface area (Å²) in [6.45, 7) is 17.2. The Bertz CT molecular complexity index is 1620. The molecule has 22 atom stereocenters. The van der Waals surface area contributed by atoms with Crippen LogP contribution in [0.2, 0.25) is 0 Å². The van der Waals surface area contributed by atoms with Gasteiger partial charge in [-0.25, -0.2) is 0 Å². The maximum Gasteiger partial charge on any atom is 0.186 e. The molecule has 0 aromatic heterocycles. The third kappa shape index (κ3) is 13.9. The molecule has 2 aliphatic heterocycles. The molecule has 0 saturated carbocycles. The average molecular weight is 947 g/mol. The molecule has 0 aromatic rings. The van der Waals surface area contributed by atoms with Gasteiger partial charge in [0.05, 0.1) is 30.5 Å². The summed E-state index contributed by atoms with van der Waals surface area (Å²) in [6, 6.07) is 0. The van der Waals surface area contributed by atoms with Crippen molar-refractivity contribution in [3.05, 3.63) is 71.9 Å². The van der Waals surface area contributed by atoms with Gasteiger partial charge in [0.1, 0.15) is 48.8 Å². The molecule has 0 radical (unpaired) electrons. The fraction of sp³-hybridized carbons (Fsp3) is 0.778. The maximum atomic E-state index is 11.6. The molecular weight excluding hydrogens is 857 g/mol. The van der Waals surface area contributed by atoms with Crippen molar-refractivity contribution < 1.29 is 62.3 Å². The van der Waals surface area contributed by atoms with Gasteiger partial charge in [-0.05, 0) is 74.9 Å². The Labute approximate surface area is 404 Å². The molecule has 4 rings (SSSR count). The molecule has 2 aliphatic carbocycles. The lowest BCUT2D eigenvalue weighted by Gasteiger charge is -2.45. The lowest BCUT2D eigenvalue weighted by molar-refractivity contribution is -0.298. The molecule has 0 amide bonds. The molecule has 67 heavy (non-hydrogen) atoms. The average Bonchev–Trinajstić information content (AvgIpc) is 3.29. The second kappa shape index (κ2) is 28.1. The standard InChI is InChI=1S/C54H90O13/c1-17-42(57-9)35(6)38-26-28-40(38)44(55)31(2)22-19-24-34(5)47-50(61-13)52(53(63-15)54(64-16)67-47)65-30-20-25-43(58-10)36(7)39-27-29-41(39)45(56)32(3)21-18-23-33(4)46-49(60-12)51(62-14)48(59-11)37(8)66-46/h18-19,21-24,26-29,31-32,35-56H,17,20,25,30H2,1-16H3/b21-18+,22-19+,33-23+,34-24+/t31-,32-,35-,36-,37+,38+,39+,40-,41-,42-,43-,44+,45+,46-,47-,48-,49-,50+,51+,52-,53-,54-/m0/s1. The van der Waals surface area contributed by atoms with Crippen LogP contribution in [0.25, 0.3) is 0 Å². The van der Waals surface area contributed by atoms with Gasteiger partial charge in [0.25, 0.3) is 0 Å². The van der Waals surface area contributed by atoms with Crippen LogP contribution >= 0.6 is 0 Å². The molecule has 2 saturated heterocycles. The topological polar surface area (TPSA) is 142 Å². The monoisotopic (exact) mass is 947 g/mol. The number of ether oxygens (including phenoxy) is 11. The smallest absolute Gasteiger partial charge is 0.186 e. The van der Waals surface area contributed by atoms with E-state index in [-0.39, 0.29) is 84.2 Å². The van der Waals surface area contributed by atoms with Gasteiger partial charge in [-0.3, -0.25) is 0 Å². The summed E-state index contributed by atoms with van der Waals surface area (Å²) >= 11 is 0. The fourth-order valence-corrected chi connectivity index (χ4v) is 11.0. The molecule has 2 heterocycles. The summed E-state index contributed by atoms with van der Waals surface area (Å²) in [5.41, 5.74) is 1.95. The summed E-state index contributed by atoms with van der Waals surface area (Å²) < 4.78 is 66.4. The minimum atomic E-state index is -0.675. The van der Waals surface area contributed by atoms with Crippen LogP contribution in [0.3, 0.4) is 0 Å². The van der Waals surface area contributed by atoms with Crippen LogP contribution in [0.4, 0.5) is 0 Å². The van der Waals surface area contributed by atoms with Crippen molar-refractivity contribution in [3.63, 3.8) is 0 Å². The highest BCUT2D eigenvalue weighted by Crippen LogP contribution is 2.42. The number of aliphatic hydroxyl groups is 2. The second-order valence-electron chi connectivity index (χ2n) is 19.4. The quantitative estimate of drug-likeness (QED) is 0.0450. The van der Waals surface area contributed by atoms with Gasteiger partial charge in [0.15, 0.2) is 6.29 Å². The summed E-state index contributed by atoms with van der Waals surface area (Å²) in [6.07, 6.45) is 18.5. The number of methoxy groups -OCH3 is 8. The van der Waals surface area contributed by atoms with Crippen LogP contribution < -0.4 is 0 Å². The van der Waals surface area contributed by atoms with Crippen molar-refractivity contribution in [2.24, 2.45) is 47.3 Å². The molecule has 2 N–H and O–H groups in total. The first-order valence-electron chi connectivity index (χ1n) is 24.7. The van der Waals surface area contributed by atoms with E-state index in [1.54, 1.807) is 56.9 Å². The van der Waals surface area contributed by atoms with Gasteiger partial charge >= 0.3 is 0 Å². The van der Waals surface area contributed by atoms with E-state index in [0.29, 0.717) is 12.5 Å². The Morgan fingerprint density at radius 2 is 1.01 bits per heavy atom. The van der Waals surface area contributed by atoms with Crippen LogP contribution in [0.5, 0.6) is 0 Å². The minimum absolute atomic E-state index is 0.00722. The molecule has 0 spiro atoms. The highest BCUT2D eigenvalue weighted by Gasteiger charge is 2.49. The van der Waals surface area contributed by atoms with Crippen LogP contribution in [-0.2, 0) is 52.1 Å². The van der Waals surface area contributed by atoms with Crippen LogP contribution in [-0.4, -0.2) is 159 Å². The Morgan fingerprint density at radius 1 is 0.567 bits per heavy atom. The van der Waals surface area contributed by atoms with Crippen LogP contribution in [0.1, 0.15) is 74.7 Å². The number of hydrogen-bond donors (Lipinski definition) is 2. The molecular formula is C54H90O13. The molecule has 13 nitrogen and oxygen atoms in total. The van der Waals surface area contributed by atoms with Gasteiger partial charge in [-0.1, -0.05) is 95.4 Å². The van der Waals surface area contributed by atoms with Crippen molar-refractivity contribution in [2.75, 3.05) is 63.5 Å². The van der Waals surface area contributed by atoms with E-state index in [2.05, 4.69) is 71.1 Å². The second-order valence-corrected chi connectivity index (χ2v) is 19.4. The first kappa shape index (κ1) is 57.5. The first-order valence-corrected chi connectivity index (χ1v) is 24.7. The fourth-order valence-electron chi connectivity index (χ4n) is 11.0. The molecule has 0 aromatic carbocycles. The third-order valence-electron chi connectivity index (χ3n) is 15.5. The summed E-state index contributed by atoms with van der Waals surface area (Å²) in [5.74, 6) is 0.897. The van der Waals surface area contributed by atoms with Crippen molar-refractivity contribution in [3.8, 4) is 0 Å². The van der Waals surface area contributed by atoms with Crippen molar-refractivity contribution >= 4 is 0 Å². The van der Waals surface area contributed by atoms with Gasteiger partial charge < -0.3 is 62.3 Å². The zero-order chi connectivity index (χ0) is 49.5. The zero-order valence-electron chi connectivity index (χ0n) is 43.7. The first-order chi connectivity index (χ1) is 32.1. The molecule has 4 aliphatic rings. The van der Waals surface area contributed by atoms with Crippen molar-refractivity contribution in [1.29, 1.82) is 0 Å². The van der Waals surface area contributed by atoms with Gasteiger partial charge in [-0.2, -0.15) is 0 Å². The van der Waals surface area contributed by atoms with Crippen LogP contribution in [0.15, 0.2) is 71.9 Å². The Kier molecular flexibility index (Phi) is 24.1. The Balaban J connectivity index is 1.32. The highest BCUT2D eigenvalue weighted by molar-refractivity contribution is 5.22. The Morgan fingerprint density at radius 3 is 1.43 bits per heavy atom. The molecule has 2 fully saturated rings. The predicted molar refractivity (Wildman–Crippen MR) is 262 cm³/mol. The van der Waals surface area contributed by atoms with E-state index in [4.69, 9.17) is 52.1 Å². The number of allylic oxidation sites excluding steroid dienone is 6. The zero-order valence-corrected chi connectivity index (χ0v) is 43.7. The lowest BCUT2D eigenvalue weighted by Crippen LogP contribution is -2.60. The largest absolute Gasteiger partial charge is 0.392 e. The van der Waals surface area contributed by atoms with E-state index in [9.17, 15) is 10.2 Å².